The van der Waals surface area contributed by atoms with E-state index in [0.29, 0.717) is 35.7 Å². The molecule has 4 rings (SSSR count). The monoisotopic (exact) mass is 453 g/mol. The van der Waals surface area contributed by atoms with Crippen molar-refractivity contribution in [1.29, 1.82) is 0 Å². The van der Waals surface area contributed by atoms with Crippen molar-refractivity contribution in [3.05, 3.63) is 71.4 Å². The van der Waals surface area contributed by atoms with E-state index < -0.39 is 10.0 Å². The van der Waals surface area contributed by atoms with E-state index in [9.17, 15) is 12.8 Å². The maximum Gasteiger partial charge on any atom is 0.238 e. The molecule has 4 aromatic rings. The molecule has 2 heterocycles. The Morgan fingerprint density at radius 3 is 2.53 bits per heavy atom. The van der Waals surface area contributed by atoms with Gasteiger partial charge in [0, 0.05) is 35.8 Å². The molecule has 0 aliphatic carbocycles. The average Bonchev–Trinajstić information content (AvgIpc) is 3.07. The van der Waals surface area contributed by atoms with Gasteiger partial charge in [0.05, 0.1) is 16.1 Å². The predicted molar refractivity (Wildman–Crippen MR) is 123 cm³/mol. The van der Waals surface area contributed by atoms with Gasteiger partial charge in [-0.15, -0.1) is 0 Å². The second-order valence-electron chi connectivity index (χ2n) is 7.80. The Balaban J connectivity index is 1.53. The number of rotatable bonds is 6. The van der Waals surface area contributed by atoms with Crippen molar-refractivity contribution in [1.82, 2.24) is 14.5 Å². The van der Waals surface area contributed by atoms with Crippen molar-refractivity contribution < 1.29 is 12.8 Å². The topological polar surface area (TPSA) is 103 Å². The maximum absolute atomic E-state index is 14.5. The summed E-state index contributed by atoms with van der Waals surface area (Å²) in [7, 11) is -3.77. The van der Waals surface area contributed by atoms with Gasteiger partial charge >= 0.3 is 0 Å². The van der Waals surface area contributed by atoms with Crippen LogP contribution in [0, 0.1) is 26.6 Å². The van der Waals surface area contributed by atoms with Crippen molar-refractivity contribution in [2.24, 2.45) is 5.14 Å². The van der Waals surface area contributed by atoms with Gasteiger partial charge < -0.3 is 9.88 Å². The van der Waals surface area contributed by atoms with Crippen LogP contribution in [0.3, 0.4) is 0 Å². The molecule has 0 amide bonds. The molecule has 2 aromatic carbocycles. The minimum Gasteiger partial charge on any atom is -0.368 e. The number of primary sulfonamides is 1. The fourth-order valence-electron chi connectivity index (χ4n) is 3.93. The Kier molecular flexibility index (Phi) is 5.70. The van der Waals surface area contributed by atoms with E-state index in [-0.39, 0.29) is 10.7 Å². The molecule has 9 heteroatoms. The lowest BCUT2D eigenvalue weighted by atomic mass is 10.1. The quantitative estimate of drug-likeness (QED) is 0.461. The van der Waals surface area contributed by atoms with Crippen LogP contribution in [0.4, 0.5) is 10.2 Å². The smallest absolute Gasteiger partial charge is 0.238 e. The summed E-state index contributed by atoms with van der Waals surface area (Å²) >= 11 is 0. The first kappa shape index (κ1) is 21.9. The molecule has 0 saturated carbocycles. The van der Waals surface area contributed by atoms with E-state index in [1.165, 1.54) is 18.5 Å². The Bertz CT molecular complexity index is 1430. The van der Waals surface area contributed by atoms with Crippen LogP contribution in [0.25, 0.3) is 22.2 Å². The summed E-state index contributed by atoms with van der Waals surface area (Å²) in [6.45, 7) is 6.74. The first-order valence-electron chi connectivity index (χ1n) is 10.1. The molecule has 0 aliphatic rings. The minimum absolute atomic E-state index is 0.0884. The highest BCUT2D eigenvalue weighted by Gasteiger charge is 2.14. The van der Waals surface area contributed by atoms with E-state index in [4.69, 9.17) is 5.14 Å². The highest BCUT2D eigenvalue weighted by atomic mass is 32.2. The Hall–Kier alpha value is -3.30. The molecule has 0 atom stereocenters. The fraction of sp³-hybridized carbons (Fsp3) is 0.217. The van der Waals surface area contributed by atoms with Gasteiger partial charge in [-0.3, -0.25) is 0 Å². The first-order chi connectivity index (χ1) is 15.1. The van der Waals surface area contributed by atoms with Crippen LogP contribution >= 0.6 is 0 Å². The highest BCUT2D eigenvalue weighted by Crippen LogP contribution is 2.26. The van der Waals surface area contributed by atoms with Gasteiger partial charge in [0.15, 0.2) is 0 Å². The lowest BCUT2D eigenvalue weighted by Crippen LogP contribution is -2.13. The van der Waals surface area contributed by atoms with Gasteiger partial charge in [0.1, 0.15) is 18.0 Å². The Morgan fingerprint density at radius 2 is 1.81 bits per heavy atom. The molecule has 0 radical (unpaired) electrons. The summed E-state index contributed by atoms with van der Waals surface area (Å²) in [5.41, 5.74) is 4.59. The predicted octanol–water partition coefficient (Wildman–Crippen LogP) is 3.92. The standard InChI is InChI=1S/C23H24FN5O2S/c1-14-4-6-19(24)23-18(14)11-16(3)29(23)9-8-26-22-12-20(27-13-28-22)17-5-7-21(15(2)10-17)32(25,30)31/h4-7,10-13H,8-9H2,1-3H3,(H2,25,30,31)(H,26,27,28). The van der Waals surface area contributed by atoms with Crippen LogP contribution in [0.5, 0.6) is 0 Å². The number of nitrogens with one attached hydrogen (secondary N) is 1. The van der Waals surface area contributed by atoms with Crippen molar-refractivity contribution in [2.45, 2.75) is 32.2 Å². The number of fused-ring (bicyclic) bond motifs is 1. The van der Waals surface area contributed by atoms with Crippen LogP contribution in [0.2, 0.25) is 0 Å². The third-order valence-electron chi connectivity index (χ3n) is 5.52. The van der Waals surface area contributed by atoms with Crippen molar-refractivity contribution in [3.8, 4) is 11.3 Å². The number of anilines is 1. The van der Waals surface area contributed by atoms with E-state index >= 15 is 0 Å². The number of nitrogens with two attached hydrogens (primary N) is 1. The van der Waals surface area contributed by atoms with Gasteiger partial charge in [-0.05, 0) is 56.2 Å². The molecule has 32 heavy (non-hydrogen) atoms. The molecule has 0 saturated heterocycles. The Morgan fingerprint density at radius 1 is 1.03 bits per heavy atom. The molecule has 3 N–H and O–H groups in total. The normalized spacial score (nSPS) is 11.8. The molecule has 0 fully saturated rings. The molecule has 166 valence electrons. The van der Waals surface area contributed by atoms with Crippen LogP contribution in [-0.2, 0) is 16.6 Å². The van der Waals surface area contributed by atoms with Gasteiger partial charge in [0.2, 0.25) is 10.0 Å². The summed E-state index contributed by atoms with van der Waals surface area (Å²) in [5, 5.41) is 9.42. The number of benzene rings is 2. The van der Waals surface area contributed by atoms with E-state index in [1.54, 1.807) is 31.2 Å². The lowest BCUT2D eigenvalue weighted by molar-refractivity contribution is 0.597. The number of nitrogens with zero attached hydrogens (tertiary/aromatic N) is 3. The molecule has 0 bridgehead atoms. The van der Waals surface area contributed by atoms with Crippen LogP contribution in [-0.4, -0.2) is 29.5 Å². The fourth-order valence-corrected chi connectivity index (χ4v) is 4.69. The zero-order valence-electron chi connectivity index (χ0n) is 18.1. The van der Waals surface area contributed by atoms with Crippen molar-refractivity contribution in [3.63, 3.8) is 0 Å². The number of halogens is 1. The molecular formula is C23H24FN5O2S. The van der Waals surface area contributed by atoms with Crippen molar-refractivity contribution in [2.75, 3.05) is 11.9 Å². The van der Waals surface area contributed by atoms with E-state index in [2.05, 4.69) is 15.3 Å². The van der Waals surface area contributed by atoms with Gasteiger partial charge in [-0.2, -0.15) is 0 Å². The lowest BCUT2D eigenvalue weighted by Gasteiger charge is -2.12. The molecule has 0 aliphatic heterocycles. The second kappa shape index (κ2) is 8.33. The second-order valence-corrected chi connectivity index (χ2v) is 9.33. The molecule has 0 unspecified atom stereocenters. The van der Waals surface area contributed by atoms with Gasteiger partial charge in [0.25, 0.3) is 0 Å². The molecule has 2 aromatic heterocycles. The molecule has 0 spiro atoms. The average molecular weight is 454 g/mol. The highest BCUT2D eigenvalue weighted by molar-refractivity contribution is 7.89. The van der Waals surface area contributed by atoms with Crippen LogP contribution in [0.15, 0.2) is 53.7 Å². The third kappa shape index (κ3) is 4.21. The molecular weight excluding hydrogens is 429 g/mol. The number of hydrogen-bond acceptors (Lipinski definition) is 5. The van der Waals surface area contributed by atoms with Crippen LogP contribution in [0.1, 0.15) is 16.8 Å². The molecule has 7 nitrogen and oxygen atoms in total. The summed E-state index contributed by atoms with van der Waals surface area (Å²) in [6, 6.07) is 12.0. The first-order valence-corrected chi connectivity index (χ1v) is 11.6. The van der Waals surface area contributed by atoms with E-state index in [0.717, 1.165) is 22.2 Å². The van der Waals surface area contributed by atoms with E-state index in [1.807, 2.05) is 24.5 Å². The zero-order valence-corrected chi connectivity index (χ0v) is 18.9. The minimum atomic E-state index is -3.77. The van der Waals surface area contributed by atoms with Crippen molar-refractivity contribution >= 4 is 26.7 Å². The number of aromatic nitrogens is 3. The summed E-state index contributed by atoms with van der Waals surface area (Å²) < 4.78 is 39.7. The van der Waals surface area contributed by atoms with Gasteiger partial charge in [-0.25, -0.2) is 27.9 Å². The van der Waals surface area contributed by atoms with Gasteiger partial charge in [-0.1, -0.05) is 12.1 Å². The number of aryl methyl sites for hydroxylation is 3. The summed E-state index contributed by atoms with van der Waals surface area (Å²) in [5.74, 6) is 0.385. The summed E-state index contributed by atoms with van der Waals surface area (Å²) in [4.78, 5) is 8.64. The summed E-state index contributed by atoms with van der Waals surface area (Å²) in [6.07, 6.45) is 1.44. The van der Waals surface area contributed by atoms with Crippen LogP contribution < -0.4 is 10.5 Å². The maximum atomic E-state index is 14.5. The number of hydrogen-bond donors (Lipinski definition) is 2. The largest absolute Gasteiger partial charge is 0.368 e. The third-order valence-corrected chi connectivity index (χ3v) is 6.59. The Labute approximate surface area is 186 Å². The SMILES string of the molecule is Cc1cc(-c2cc(NCCn3c(C)cc4c(C)ccc(F)c43)ncn2)ccc1S(N)(=O)=O. The number of sulfonamides is 1. The zero-order chi connectivity index (χ0) is 23.0.